The summed E-state index contributed by atoms with van der Waals surface area (Å²) in [6, 6.07) is 7.19. The van der Waals surface area contributed by atoms with Crippen LogP contribution in [0.15, 0.2) is 24.3 Å². The molecule has 0 aliphatic heterocycles. The van der Waals surface area contributed by atoms with E-state index in [0.29, 0.717) is 40.0 Å². The predicted octanol–water partition coefficient (Wildman–Crippen LogP) is 3.26. The van der Waals surface area contributed by atoms with Crippen LogP contribution in [0, 0.1) is 5.92 Å². The summed E-state index contributed by atoms with van der Waals surface area (Å²) in [7, 11) is 1.70. The number of rotatable bonds is 6. The molecule has 1 aliphatic carbocycles. The van der Waals surface area contributed by atoms with Gasteiger partial charge in [0.25, 0.3) is 5.91 Å². The van der Waals surface area contributed by atoms with E-state index in [2.05, 4.69) is 17.3 Å². The zero-order chi connectivity index (χ0) is 20.4. The van der Waals surface area contributed by atoms with Crippen LogP contribution >= 0.6 is 11.6 Å². The highest BCUT2D eigenvalue weighted by atomic mass is 35.5. The van der Waals surface area contributed by atoms with E-state index >= 15 is 0 Å². The van der Waals surface area contributed by atoms with Gasteiger partial charge in [-0.25, -0.2) is 4.79 Å². The largest absolute Gasteiger partial charge is 0.365 e. The molecule has 8 heteroatoms. The lowest BCUT2D eigenvalue weighted by Crippen LogP contribution is -2.48. The van der Waals surface area contributed by atoms with Crippen LogP contribution in [0.25, 0.3) is 11.3 Å². The molecule has 1 aromatic heterocycles. The number of carbonyl (C=O) groups is 2. The van der Waals surface area contributed by atoms with Gasteiger partial charge in [0.1, 0.15) is 5.69 Å². The lowest BCUT2D eigenvalue weighted by atomic mass is 9.82. The van der Waals surface area contributed by atoms with Gasteiger partial charge in [0.15, 0.2) is 0 Å². The third kappa shape index (κ3) is 4.14. The number of nitrogens with one attached hydrogen (secondary N) is 1. The van der Waals surface area contributed by atoms with Crippen LogP contribution in [0.2, 0.25) is 5.02 Å². The lowest BCUT2D eigenvalue weighted by molar-refractivity contribution is 0.0998. The molecule has 2 aromatic rings. The van der Waals surface area contributed by atoms with E-state index in [1.165, 1.54) is 0 Å². The molecule has 1 aromatic carbocycles. The number of aromatic nitrogens is 2. The summed E-state index contributed by atoms with van der Waals surface area (Å²) in [4.78, 5) is 26.3. The Morgan fingerprint density at radius 3 is 2.68 bits per heavy atom. The molecule has 0 atom stereocenters. The second kappa shape index (κ2) is 8.22. The first kappa shape index (κ1) is 20.2. The van der Waals surface area contributed by atoms with Crippen molar-refractivity contribution in [3.8, 4) is 11.3 Å². The summed E-state index contributed by atoms with van der Waals surface area (Å²) in [5.74, 6) is 0.0742. The quantitative estimate of drug-likeness (QED) is 0.775. The van der Waals surface area contributed by atoms with E-state index in [0.717, 1.165) is 12.8 Å². The average molecular weight is 404 g/mol. The van der Waals surface area contributed by atoms with Crippen molar-refractivity contribution in [3.63, 3.8) is 0 Å². The second-order valence-electron chi connectivity index (χ2n) is 7.44. The third-order valence-electron chi connectivity index (χ3n) is 5.14. The highest BCUT2D eigenvalue weighted by Gasteiger charge is 2.29. The van der Waals surface area contributed by atoms with E-state index in [-0.39, 0.29) is 18.6 Å². The third-order valence-corrected chi connectivity index (χ3v) is 5.37. The molecule has 0 bridgehead atoms. The van der Waals surface area contributed by atoms with Crippen LogP contribution in [0.4, 0.5) is 4.79 Å². The minimum Gasteiger partial charge on any atom is -0.365 e. The average Bonchev–Trinajstić information content (AvgIpc) is 2.98. The van der Waals surface area contributed by atoms with E-state index in [9.17, 15) is 9.59 Å². The molecule has 150 valence electrons. The van der Waals surface area contributed by atoms with Crippen molar-refractivity contribution in [2.45, 2.75) is 45.8 Å². The minimum atomic E-state index is -0.577. The number of hydrogen-bond acceptors (Lipinski definition) is 3. The van der Waals surface area contributed by atoms with E-state index < -0.39 is 5.91 Å². The summed E-state index contributed by atoms with van der Waals surface area (Å²) >= 11 is 6.10. The monoisotopic (exact) mass is 403 g/mol. The molecule has 3 N–H and O–H groups in total. The van der Waals surface area contributed by atoms with Crippen molar-refractivity contribution in [2.75, 3.05) is 7.05 Å². The number of amides is 3. The van der Waals surface area contributed by atoms with Gasteiger partial charge in [-0.15, -0.1) is 0 Å². The Morgan fingerprint density at radius 2 is 2.11 bits per heavy atom. The Labute approximate surface area is 169 Å². The highest BCUT2D eigenvalue weighted by molar-refractivity contribution is 6.30. The first-order chi connectivity index (χ1) is 13.3. The van der Waals surface area contributed by atoms with Crippen LogP contribution in [-0.2, 0) is 13.1 Å². The first-order valence-electron chi connectivity index (χ1n) is 9.47. The highest BCUT2D eigenvalue weighted by Crippen LogP contribution is 2.29. The fourth-order valence-corrected chi connectivity index (χ4v) is 3.81. The smallest absolute Gasteiger partial charge is 0.317 e. The van der Waals surface area contributed by atoms with Crippen LogP contribution in [0.1, 0.15) is 42.7 Å². The fourth-order valence-electron chi connectivity index (χ4n) is 3.62. The van der Waals surface area contributed by atoms with Gasteiger partial charge in [0.2, 0.25) is 0 Å². The number of primary amides is 1. The van der Waals surface area contributed by atoms with Gasteiger partial charge in [0, 0.05) is 30.2 Å². The number of benzene rings is 1. The maximum absolute atomic E-state index is 12.5. The molecule has 28 heavy (non-hydrogen) atoms. The van der Waals surface area contributed by atoms with Crippen molar-refractivity contribution in [1.29, 1.82) is 0 Å². The molecule has 7 nitrogen and oxygen atoms in total. The topological polar surface area (TPSA) is 93.2 Å². The molecule has 3 amide bonds. The number of halogens is 1. The Morgan fingerprint density at radius 1 is 1.39 bits per heavy atom. The first-order valence-corrected chi connectivity index (χ1v) is 9.85. The Kier molecular flexibility index (Phi) is 5.93. The number of hydrogen-bond donors (Lipinski definition) is 2. The summed E-state index contributed by atoms with van der Waals surface area (Å²) in [6.07, 6.45) is 2.00. The van der Waals surface area contributed by atoms with E-state index in [4.69, 9.17) is 17.3 Å². The molecule has 1 fully saturated rings. The van der Waals surface area contributed by atoms with Crippen molar-refractivity contribution in [2.24, 2.45) is 11.7 Å². The lowest BCUT2D eigenvalue weighted by Gasteiger charge is -2.34. The number of nitrogens with zero attached hydrogens (tertiary/aromatic N) is 3. The summed E-state index contributed by atoms with van der Waals surface area (Å²) < 4.78 is 1.71. The van der Waals surface area contributed by atoms with Crippen LogP contribution in [-0.4, -0.2) is 39.7 Å². The molecule has 0 spiro atoms. The predicted molar refractivity (Wildman–Crippen MR) is 109 cm³/mol. The van der Waals surface area contributed by atoms with Gasteiger partial charge >= 0.3 is 6.03 Å². The Bertz CT molecular complexity index is 889. The standard InChI is InChI=1S/C20H26ClN5O2/c1-4-26-16(11-25(3)20(28)23-15-8-12(2)9-15)17(19(22)27)18(24-26)13-6-5-7-14(21)10-13/h5-7,10,12,15H,4,8-9,11H2,1-3H3,(H2,22,27)(H,23,28). The molecular weight excluding hydrogens is 378 g/mol. The number of aryl methyl sites for hydroxylation is 1. The van der Waals surface area contributed by atoms with Gasteiger partial charge < -0.3 is 16.0 Å². The molecule has 0 saturated heterocycles. The SMILES string of the molecule is CCn1nc(-c2cccc(Cl)c2)c(C(N)=O)c1CN(C)C(=O)NC1CC(C)C1. The van der Waals surface area contributed by atoms with Gasteiger partial charge in [-0.3, -0.25) is 9.48 Å². The maximum Gasteiger partial charge on any atom is 0.317 e. The van der Waals surface area contributed by atoms with Crippen molar-refractivity contribution in [1.82, 2.24) is 20.0 Å². The van der Waals surface area contributed by atoms with Crippen LogP contribution < -0.4 is 11.1 Å². The van der Waals surface area contributed by atoms with Crippen LogP contribution in [0.3, 0.4) is 0 Å². The number of nitrogens with two attached hydrogens (primary N) is 1. The molecule has 1 heterocycles. The van der Waals surface area contributed by atoms with Gasteiger partial charge in [-0.1, -0.05) is 30.7 Å². The summed E-state index contributed by atoms with van der Waals surface area (Å²) in [5, 5.41) is 8.14. The van der Waals surface area contributed by atoms with Crippen molar-refractivity contribution >= 4 is 23.5 Å². The van der Waals surface area contributed by atoms with Crippen molar-refractivity contribution in [3.05, 3.63) is 40.5 Å². The molecular formula is C20H26ClN5O2. The summed E-state index contributed by atoms with van der Waals surface area (Å²) in [5.41, 5.74) is 7.82. The maximum atomic E-state index is 12.5. The zero-order valence-corrected chi connectivity index (χ0v) is 17.2. The Balaban J connectivity index is 1.89. The second-order valence-corrected chi connectivity index (χ2v) is 7.88. The molecule has 0 radical (unpaired) electrons. The van der Waals surface area contributed by atoms with Crippen molar-refractivity contribution < 1.29 is 9.59 Å². The van der Waals surface area contributed by atoms with Gasteiger partial charge in [0.05, 0.1) is 17.8 Å². The van der Waals surface area contributed by atoms with Gasteiger partial charge in [-0.2, -0.15) is 5.10 Å². The molecule has 0 unspecified atom stereocenters. The zero-order valence-electron chi connectivity index (χ0n) is 16.4. The van der Waals surface area contributed by atoms with Gasteiger partial charge in [-0.05, 0) is 37.8 Å². The summed E-state index contributed by atoms with van der Waals surface area (Å²) in [6.45, 7) is 4.88. The molecule has 1 aliphatic rings. The normalized spacial score (nSPS) is 18.4. The van der Waals surface area contributed by atoms with Crippen LogP contribution in [0.5, 0.6) is 0 Å². The Hall–Kier alpha value is -2.54. The fraction of sp³-hybridized carbons (Fsp3) is 0.450. The van der Waals surface area contributed by atoms with E-state index in [1.807, 2.05) is 13.0 Å². The number of carbonyl (C=O) groups excluding carboxylic acids is 2. The molecule has 3 rings (SSSR count). The number of urea groups is 1. The molecule has 1 saturated carbocycles. The van der Waals surface area contributed by atoms with E-state index in [1.54, 1.807) is 34.8 Å². The minimum absolute atomic E-state index is 0.166.